The quantitative estimate of drug-likeness (QED) is 0.766. The molecule has 1 aliphatic carbocycles. The van der Waals surface area contributed by atoms with E-state index < -0.39 is 9.05 Å². The molecule has 1 aliphatic rings. The van der Waals surface area contributed by atoms with E-state index in [1.165, 1.54) is 24.8 Å². The Bertz CT molecular complexity index is 439. The maximum Gasteiger partial charge on any atom is 0.262 e. The van der Waals surface area contributed by atoms with Gasteiger partial charge < -0.3 is 4.74 Å². The molecule has 4 nitrogen and oxygen atoms in total. The van der Waals surface area contributed by atoms with Gasteiger partial charge in [0.25, 0.3) is 9.05 Å². The first-order chi connectivity index (χ1) is 7.05. The smallest absolute Gasteiger partial charge is 0.262 e. The average Bonchev–Trinajstić information content (AvgIpc) is 2.11. The van der Waals surface area contributed by atoms with Crippen molar-refractivity contribution in [1.82, 2.24) is 4.98 Å². The Balaban J connectivity index is 2.09. The second-order valence-electron chi connectivity index (χ2n) is 3.44. The van der Waals surface area contributed by atoms with Gasteiger partial charge >= 0.3 is 0 Å². The first kappa shape index (κ1) is 10.7. The molecule has 0 aromatic carbocycles. The van der Waals surface area contributed by atoms with Crippen LogP contribution < -0.4 is 4.74 Å². The number of hydrogen-bond donors (Lipinski definition) is 0. The second kappa shape index (κ2) is 3.98. The third-order valence-electron chi connectivity index (χ3n) is 2.33. The first-order valence-electron chi connectivity index (χ1n) is 4.63. The maximum absolute atomic E-state index is 10.9. The van der Waals surface area contributed by atoms with Crippen molar-refractivity contribution in [2.24, 2.45) is 0 Å². The van der Waals surface area contributed by atoms with Gasteiger partial charge in [-0.15, -0.1) is 0 Å². The molecule has 0 radical (unpaired) electrons. The topological polar surface area (TPSA) is 56.3 Å². The summed E-state index contributed by atoms with van der Waals surface area (Å²) in [5, 5.41) is 0. The van der Waals surface area contributed by atoms with Gasteiger partial charge in [-0.25, -0.2) is 13.4 Å². The van der Waals surface area contributed by atoms with Crippen LogP contribution in [0, 0.1) is 0 Å². The van der Waals surface area contributed by atoms with E-state index in [9.17, 15) is 8.42 Å². The Morgan fingerprint density at radius 2 is 2.13 bits per heavy atom. The lowest BCUT2D eigenvalue weighted by atomic mass is 9.96. The molecule has 6 heteroatoms. The summed E-state index contributed by atoms with van der Waals surface area (Å²) in [6, 6.07) is 2.91. The van der Waals surface area contributed by atoms with Gasteiger partial charge in [0.05, 0.1) is 6.20 Å². The molecule has 1 aromatic heterocycles. The van der Waals surface area contributed by atoms with Gasteiger partial charge in [0.15, 0.2) is 0 Å². The summed E-state index contributed by atoms with van der Waals surface area (Å²) >= 11 is 0. The zero-order valence-electron chi connectivity index (χ0n) is 7.89. The molecule has 0 unspecified atom stereocenters. The highest BCUT2D eigenvalue weighted by Crippen LogP contribution is 2.24. The van der Waals surface area contributed by atoms with Gasteiger partial charge in [0, 0.05) is 16.7 Å². The summed E-state index contributed by atoms with van der Waals surface area (Å²) < 4.78 is 27.3. The molecule has 2 rings (SSSR count). The van der Waals surface area contributed by atoms with E-state index in [-0.39, 0.29) is 11.0 Å². The number of halogens is 1. The van der Waals surface area contributed by atoms with Crippen molar-refractivity contribution < 1.29 is 13.2 Å². The lowest BCUT2D eigenvalue weighted by Crippen LogP contribution is -2.24. The molecule has 0 bridgehead atoms. The third kappa shape index (κ3) is 2.60. The van der Waals surface area contributed by atoms with Crippen molar-refractivity contribution in [2.45, 2.75) is 30.3 Å². The van der Waals surface area contributed by atoms with Crippen molar-refractivity contribution in [1.29, 1.82) is 0 Å². The summed E-state index contributed by atoms with van der Waals surface area (Å²) in [6.45, 7) is 0. The van der Waals surface area contributed by atoms with Crippen LogP contribution in [0.4, 0.5) is 0 Å². The van der Waals surface area contributed by atoms with Crippen LogP contribution in [0.3, 0.4) is 0 Å². The molecule has 82 valence electrons. The fourth-order valence-corrected chi connectivity index (χ4v) is 1.92. The van der Waals surface area contributed by atoms with Gasteiger partial charge in [-0.05, 0) is 25.3 Å². The van der Waals surface area contributed by atoms with E-state index in [2.05, 4.69) is 4.98 Å². The normalized spacial score (nSPS) is 17.1. The molecule has 1 fully saturated rings. The van der Waals surface area contributed by atoms with Crippen LogP contribution in [0.5, 0.6) is 5.88 Å². The Hall–Kier alpha value is -0.810. The molecular formula is C9H10ClNO3S. The fourth-order valence-electron chi connectivity index (χ4n) is 1.24. The Morgan fingerprint density at radius 1 is 1.40 bits per heavy atom. The lowest BCUT2D eigenvalue weighted by Gasteiger charge is -2.25. The van der Waals surface area contributed by atoms with Crippen LogP contribution in [-0.2, 0) is 9.05 Å². The van der Waals surface area contributed by atoms with Crippen LogP contribution in [0.2, 0.25) is 0 Å². The number of rotatable bonds is 3. The van der Waals surface area contributed by atoms with Crippen molar-refractivity contribution >= 4 is 19.7 Å². The van der Waals surface area contributed by atoms with Crippen molar-refractivity contribution in [3.05, 3.63) is 18.3 Å². The highest BCUT2D eigenvalue weighted by molar-refractivity contribution is 8.13. The molecule has 0 aliphatic heterocycles. The number of nitrogens with zero attached hydrogens (tertiary/aromatic N) is 1. The van der Waals surface area contributed by atoms with Crippen LogP contribution >= 0.6 is 10.7 Å². The number of hydrogen-bond acceptors (Lipinski definition) is 4. The third-order valence-corrected chi connectivity index (χ3v) is 3.67. The summed E-state index contributed by atoms with van der Waals surface area (Å²) in [4.78, 5) is 3.87. The predicted octanol–water partition coefficient (Wildman–Crippen LogP) is 1.94. The van der Waals surface area contributed by atoms with Crippen molar-refractivity contribution in [3.8, 4) is 5.88 Å². The van der Waals surface area contributed by atoms with Crippen LogP contribution in [0.15, 0.2) is 23.2 Å². The highest BCUT2D eigenvalue weighted by atomic mass is 35.7. The van der Waals surface area contributed by atoms with E-state index in [0.717, 1.165) is 12.8 Å². The summed E-state index contributed by atoms with van der Waals surface area (Å²) in [5.41, 5.74) is 0. The molecular weight excluding hydrogens is 238 g/mol. The zero-order valence-corrected chi connectivity index (χ0v) is 9.46. The number of ether oxygens (including phenoxy) is 1. The van der Waals surface area contributed by atoms with E-state index in [1.807, 2.05) is 0 Å². The van der Waals surface area contributed by atoms with Crippen molar-refractivity contribution in [2.75, 3.05) is 0 Å². The summed E-state index contributed by atoms with van der Waals surface area (Å²) in [5.74, 6) is 0.448. The van der Waals surface area contributed by atoms with Crippen molar-refractivity contribution in [3.63, 3.8) is 0 Å². The lowest BCUT2D eigenvalue weighted by molar-refractivity contribution is 0.114. The first-order valence-corrected chi connectivity index (χ1v) is 6.94. The van der Waals surface area contributed by atoms with Crippen LogP contribution in [0.1, 0.15) is 19.3 Å². The van der Waals surface area contributed by atoms with Gasteiger partial charge in [-0.2, -0.15) is 0 Å². The highest BCUT2D eigenvalue weighted by Gasteiger charge is 2.19. The molecule has 0 spiro atoms. The van der Waals surface area contributed by atoms with Gasteiger partial charge in [-0.3, -0.25) is 0 Å². The van der Waals surface area contributed by atoms with Gasteiger partial charge in [0.1, 0.15) is 11.0 Å². The minimum absolute atomic E-state index is 0.00914. The summed E-state index contributed by atoms with van der Waals surface area (Å²) in [7, 11) is 1.46. The standard InChI is InChI=1S/C9H10ClNO3S/c10-15(12,13)8-4-5-9(11-6-8)14-7-2-1-3-7/h4-7H,1-3H2. The predicted molar refractivity (Wildman–Crippen MR) is 55.5 cm³/mol. The van der Waals surface area contributed by atoms with E-state index >= 15 is 0 Å². The largest absolute Gasteiger partial charge is 0.474 e. The molecule has 0 amide bonds. The molecule has 0 N–H and O–H groups in total. The Kier molecular flexibility index (Phi) is 2.84. The molecule has 15 heavy (non-hydrogen) atoms. The monoisotopic (exact) mass is 247 g/mol. The SMILES string of the molecule is O=S(=O)(Cl)c1ccc(OC2CCC2)nc1. The molecule has 1 saturated carbocycles. The average molecular weight is 248 g/mol. The maximum atomic E-state index is 10.9. The van der Waals surface area contributed by atoms with E-state index in [4.69, 9.17) is 15.4 Å². The Morgan fingerprint density at radius 3 is 2.53 bits per heavy atom. The van der Waals surface area contributed by atoms with Crippen LogP contribution in [0.25, 0.3) is 0 Å². The van der Waals surface area contributed by atoms with E-state index in [1.54, 1.807) is 0 Å². The fraction of sp³-hybridized carbons (Fsp3) is 0.444. The number of pyridine rings is 1. The van der Waals surface area contributed by atoms with Gasteiger partial charge in [0.2, 0.25) is 5.88 Å². The van der Waals surface area contributed by atoms with Gasteiger partial charge in [-0.1, -0.05) is 0 Å². The number of aromatic nitrogens is 1. The summed E-state index contributed by atoms with van der Waals surface area (Å²) in [6.07, 6.45) is 4.69. The zero-order chi connectivity index (χ0) is 10.9. The molecule has 1 heterocycles. The Labute approximate surface area is 92.7 Å². The molecule has 0 atom stereocenters. The van der Waals surface area contributed by atoms with Crippen LogP contribution in [-0.4, -0.2) is 19.5 Å². The molecule has 0 saturated heterocycles. The molecule has 1 aromatic rings. The second-order valence-corrected chi connectivity index (χ2v) is 6.01. The minimum Gasteiger partial charge on any atom is -0.474 e. The minimum atomic E-state index is -3.69. The van der Waals surface area contributed by atoms with E-state index in [0.29, 0.717) is 5.88 Å².